The number of thioether (sulfide) groups is 1. The minimum atomic E-state index is -0.767. The fourth-order valence-electron chi connectivity index (χ4n) is 3.87. The van der Waals surface area contributed by atoms with Gasteiger partial charge in [0.15, 0.2) is 28.6 Å². The van der Waals surface area contributed by atoms with E-state index in [1.807, 2.05) is 35.9 Å². The predicted molar refractivity (Wildman–Crippen MR) is 124 cm³/mol. The fraction of sp³-hybridized carbons (Fsp3) is 0.304. The van der Waals surface area contributed by atoms with E-state index in [9.17, 15) is 9.59 Å². The number of nitrogens with zero attached hydrogens (tertiary/aromatic N) is 3. The van der Waals surface area contributed by atoms with Crippen LogP contribution in [0.5, 0.6) is 11.5 Å². The lowest BCUT2D eigenvalue weighted by Crippen LogP contribution is -2.46. The molecule has 0 saturated heterocycles. The van der Waals surface area contributed by atoms with Crippen LogP contribution in [-0.4, -0.2) is 45.7 Å². The van der Waals surface area contributed by atoms with Crippen LogP contribution in [0.25, 0.3) is 0 Å². The number of ether oxygens (including phenoxy) is 3. The first-order chi connectivity index (χ1) is 17.0. The normalized spacial score (nSPS) is 19.2. The van der Waals surface area contributed by atoms with E-state index in [1.165, 1.54) is 18.0 Å². The first-order valence-corrected chi connectivity index (χ1v) is 11.9. The van der Waals surface area contributed by atoms with E-state index in [4.69, 9.17) is 18.6 Å². The van der Waals surface area contributed by atoms with Crippen LogP contribution in [0.4, 0.5) is 4.79 Å². The number of rotatable bonds is 7. The number of furan rings is 1. The zero-order valence-electron chi connectivity index (χ0n) is 19.0. The topological polar surface area (TPSA) is 130 Å². The highest BCUT2D eigenvalue weighted by molar-refractivity contribution is 7.99. The van der Waals surface area contributed by atoms with Gasteiger partial charge in [0.25, 0.3) is 0 Å². The SMILES string of the molecule is CCOC(=O)C1=C(CSc2nnc([C@H]3COc4ccccc4O3)n2C)NC(=O)N[C@H]1c1ccco1. The lowest BCUT2D eigenvalue weighted by atomic mass is 10.0. The summed E-state index contributed by atoms with van der Waals surface area (Å²) in [5.41, 5.74) is 0.686. The quantitative estimate of drug-likeness (QED) is 0.374. The van der Waals surface area contributed by atoms with Crippen LogP contribution < -0.4 is 20.1 Å². The second-order valence-corrected chi connectivity index (χ2v) is 8.65. The molecule has 1 aromatic carbocycles. The Morgan fingerprint density at radius 2 is 2.06 bits per heavy atom. The highest BCUT2D eigenvalue weighted by Gasteiger charge is 2.35. The van der Waals surface area contributed by atoms with Gasteiger partial charge in [-0.05, 0) is 31.2 Å². The smallest absolute Gasteiger partial charge is 0.338 e. The van der Waals surface area contributed by atoms with E-state index < -0.39 is 24.1 Å². The number of nitrogens with one attached hydrogen (secondary N) is 2. The van der Waals surface area contributed by atoms with E-state index in [0.717, 1.165) is 0 Å². The summed E-state index contributed by atoms with van der Waals surface area (Å²) in [5, 5.41) is 14.6. The molecule has 4 heterocycles. The third kappa shape index (κ3) is 4.56. The van der Waals surface area contributed by atoms with Crippen molar-refractivity contribution >= 4 is 23.8 Å². The van der Waals surface area contributed by atoms with Gasteiger partial charge in [-0.3, -0.25) is 0 Å². The summed E-state index contributed by atoms with van der Waals surface area (Å²) in [6.07, 6.45) is 1.06. The van der Waals surface area contributed by atoms with Gasteiger partial charge < -0.3 is 33.8 Å². The standard InChI is InChI=1S/C23H23N5O6S/c1-3-31-21(29)18-13(24-22(30)25-19(18)16-9-6-10-32-16)12-35-23-27-26-20(28(23)2)17-11-33-14-7-4-5-8-15(14)34-17/h4-10,17,19H,3,11-12H2,1-2H3,(H2,24,25,30)/t17-,19+/m1/s1. The highest BCUT2D eigenvalue weighted by Crippen LogP contribution is 2.36. The second kappa shape index (κ2) is 9.74. The number of amides is 2. The van der Waals surface area contributed by atoms with E-state index in [-0.39, 0.29) is 17.9 Å². The van der Waals surface area contributed by atoms with Crippen molar-refractivity contribution in [3.05, 3.63) is 65.5 Å². The molecule has 12 heteroatoms. The molecular formula is C23H23N5O6S. The van der Waals surface area contributed by atoms with Crippen molar-refractivity contribution in [1.29, 1.82) is 0 Å². The number of urea groups is 1. The van der Waals surface area contributed by atoms with Crippen molar-refractivity contribution < 1.29 is 28.2 Å². The Bertz CT molecular complexity index is 1270. The first kappa shape index (κ1) is 22.8. The lowest BCUT2D eigenvalue weighted by molar-refractivity contribution is -0.139. The van der Waals surface area contributed by atoms with Crippen molar-refractivity contribution in [2.75, 3.05) is 19.0 Å². The van der Waals surface area contributed by atoms with Crippen LogP contribution in [0, 0.1) is 0 Å². The molecule has 2 atom stereocenters. The average Bonchev–Trinajstić information content (AvgIpc) is 3.52. The predicted octanol–water partition coefficient (Wildman–Crippen LogP) is 2.88. The molecular weight excluding hydrogens is 474 g/mol. The Hall–Kier alpha value is -3.93. The second-order valence-electron chi connectivity index (χ2n) is 7.71. The van der Waals surface area contributed by atoms with Gasteiger partial charge >= 0.3 is 12.0 Å². The zero-order valence-corrected chi connectivity index (χ0v) is 19.8. The van der Waals surface area contributed by atoms with Gasteiger partial charge in [0.05, 0.1) is 18.4 Å². The Kier molecular flexibility index (Phi) is 6.36. The average molecular weight is 498 g/mol. The van der Waals surface area contributed by atoms with Crippen LogP contribution in [0.3, 0.4) is 0 Å². The molecule has 182 valence electrons. The summed E-state index contributed by atoms with van der Waals surface area (Å²) in [6.45, 7) is 2.22. The molecule has 2 N–H and O–H groups in total. The number of esters is 1. The van der Waals surface area contributed by atoms with Gasteiger partial charge in [0, 0.05) is 18.5 Å². The Labute approximate surface area is 204 Å². The number of carbonyl (C=O) groups is 2. The first-order valence-electron chi connectivity index (χ1n) is 11.0. The molecule has 0 bridgehead atoms. The van der Waals surface area contributed by atoms with E-state index in [0.29, 0.717) is 40.5 Å². The number of hydrogen-bond acceptors (Lipinski definition) is 9. The van der Waals surface area contributed by atoms with Crippen LogP contribution in [0.15, 0.2) is 63.5 Å². The Morgan fingerprint density at radius 3 is 2.83 bits per heavy atom. The maximum absolute atomic E-state index is 12.8. The number of hydrogen-bond donors (Lipinski definition) is 2. The largest absolute Gasteiger partial charge is 0.485 e. The summed E-state index contributed by atoms with van der Waals surface area (Å²) in [4.78, 5) is 25.2. The summed E-state index contributed by atoms with van der Waals surface area (Å²) < 4.78 is 24.4. The van der Waals surface area contributed by atoms with E-state index >= 15 is 0 Å². The molecule has 2 aliphatic heterocycles. The molecule has 0 saturated carbocycles. The summed E-state index contributed by atoms with van der Waals surface area (Å²) >= 11 is 1.32. The van der Waals surface area contributed by atoms with Gasteiger partial charge in [-0.1, -0.05) is 23.9 Å². The minimum Gasteiger partial charge on any atom is -0.485 e. The van der Waals surface area contributed by atoms with Gasteiger partial charge in [-0.25, -0.2) is 9.59 Å². The molecule has 5 rings (SSSR count). The molecule has 11 nitrogen and oxygen atoms in total. The zero-order chi connectivity index (χ0) is 24.4. The number of para-hydroxylation sites is 2. The summed E-state index contributed by atoms with van der Waals surface area (Å²) in [7, 11) is 1.83. The van der Waals surface area contributed by atoms with Crippen molar-refractivity contribution in [1.82, 2.24) is 25.4 Å². The van der Waals surface area contributed by atoms with Crippen LogP contribution >= 0.6 is 11.8 Å². The molecule has 2 amide bonds. The molecule has 2 aliphatic rings. The summed E-state index contributed by atoms with van der Waals surface area (Å²) in [5.74, 6) is 2.07. The third-order valence-electron chi connectivity index (χ3n) is 5.49. The number of fused-ring (bicyclic) bond motifs is 1. The Morgan fingerprint density at radius 1 is 1.23 bits per heavy atom. The van der Waals surface area contributed by atoms with Crippen LogP contribution in [0.2, 0.25) is 0 Å². The third-order valence-corrected chi connectivity index (χ3v) is 6.53. The number of carbonyl (C=O) groups excluding carboxylic acids is 2. The molecule has 0 aliphatic carbocycles. The fourth-order valence-corrected chi connectivity index (χ4v) is 4.75. The molecule has 35 heavy (non-hydrogen) atoms. The molecule has 0 unspecified atom stereocenters. The van der Waals surface area contributed by atoms with E-state index in [1.54, 1.807) is 19.1 Å². The maximum atomic E-state index is 12.8. The lowest BCUT2D eigenvalue weighted by Gasteiger charge is -2.27. The van der Waals surface area contributed by atoms with Crippen molar-refractivity contribution in [2.24, 2.45) is 7.05 Å². The minimum absolute atomic E-state index is 0.195. The summed E-state index contributed by atoms with van der Waals surface area (Å²) in [6, 6.07) is 9.62. The van der Waals surface area contributed by atoms with Crippen molar-refractivity contribution in [3.8, 4) is 11.5 Å². The van der Waals surface area contributed by atoms with Crippen molar-refractivity contribution in [2.45, 2.75) is 24.2 Å². The van der Waals surface area contributed by atoms with Crippen LogP contribution in [-0.2, 0) is 16.6 Å². The van der Waals surface area contributed by atoms with Gasteiger partial charge in [0.1, 0.15) is 18.4 Å². The monoisotopic (exact) mass is 497 g/mol. The molecule has 3 aromatic rings. The van der Waals surface area contributed by atoms with E-state index in [2.05, 4.69) is 20.8 Å². The highest BCUT2D eigenvalue weighted by atomic mass is 32.2. The van der Waals surface area contributed by atoms with Gasteiger partial charge in [0.2, 0.25) is 0 Å². The molecule has 0 fully saturated rings. The van der Waals surface area contributed by atoms with Gasteiger partial charge in [-0.15, -0.1) is 10.2 Å². The maximum Gasteiger partial charge on any atom is 0.338 e. The molecule has 0 spiro atoms. The van der Waals surface area contributed by atoms with Crippen LogP contribution in [0.1, 0.15) is 30.7 Å². The molecule has 2 aromatic heterocycles. The van der Waals surface area contributed by atoms with Gasteiger partial charge in [-0.2, -0.15) is 0 Å². The van der Waals surface area contributed by atoms with Crippen molar-refractivity contribution in [3.63, 3.8) is 0 Å². The number of aromatic nitrogens is 3. The Balaban J connectivity index is 1.38. The molecule has 0 radical (unpaired) electrons. The number of benzene rings is 1.